The summed E-state index contributed by atoms with van der Waals surface area (Å²) in [5, 5.41) is 10.7. The summed E-state index contributed by atoms with van der Waals surface area (Å²) in [5.74, 6) is -2.70. The maximum absolute atomic E-state index is 14.1. The van der Waals surface area contributed by atoms with Crippen molar-refractivity contribution < 1.29 is 26.0 Å². The number of nitrogens with zero attached hydrogens (tertiary/aromatic N) is 3. The predicted molar refractivity (Wildman–Crippen MR) is 85.7 cm³/mol. The summed E-state index contributed by atoms with van der Waals surface area (Å²) >= 11 is 1.23. The molecule has 0 amide bonds. The lowest BCUT2D eigenvalue weighted by Gasteiger charge is -2.08. The number of aromatic nitrogens is 3. The molecule has 0 fully saturated rings. The molecule has 0 radical (unpaired) electrons. The maximum atomic E-state index is 14.1. The van der Waals surface area contributed by atoms with Gasteiger partial charge in [-0.15, -0.1) is 11.3 Å². The third-order valence-corrected chi connectivity index (χ3v) is 5.07. The Kier molecular flexibility index (Phi) is 4.58. The first-order valence-electron chi connectivity index (χ1n) is 6.90. The van der Waals surface area contributed by atoms with Gasteiger partial charge in [0.15, 0.2) is 10.7 Å². The Bertz CT molecular complexity index is 1070. The molecule has 1 aromatic carbocycles. The molecule has 0 saturated carbocycles. The van der Waals surface area contributed by atoms with Crippen molar-refractivity contribution in [3.05, 3.63) is 45.9 Å². The lowest BCUT2D eigenvalue weighted by Crippen LogP contribution is -2.16. The highest BCUT2D eigenvalue weighted by molar-refractivity contribution is 7.89. The van der Waals surface area contributed by atoms with Crippen molar-refractivity contribution in [3.8, 4) is 17.1 Å². The Hall–Kier alpha value is -2.31. The zero-order chi connectivity index (χ0) is 19.2. The van der Waals surface area contributed by atoms with Crippen molar-refractivity contribution in [1.82, 2.24) is 14.8 Å². The van der Waals surface area contributed by atoms with E-state index in [2.05, 4.69) is 10.1 Å². The number of aryl methyl sites for hydroxylation is 1. The zero-order valence-corrected chi connectivity index (χ0v) is 14.6. The van der Waals surface area contributed by atoms with Crippen LogP contribution in [0.1, 0.15) is 17.1 Å². The number of primary sulfonamides is 1. The topological polar surface area (TPSA) is 90.9 Å². The van der Waals surface area contributed by atoms with Crippen LogP contribution in [-0.2, 0) is 10.0 Å². The van der Waals surface area contributed by atoms with Gasteiger partial charge in [-0.3, -0.25) is 0 Å². The fraction of sp³-hybridized carbons (Fsp3) is 0.143. The molecule has 6 nitrogen and oxygen atoms in total. The third-order valence-electron chi connectivity index (χ3n) is 3.35. The van der Waals surface area contributed by atoms with Gasteiger partial charge in [-0.2, -0.15) is 5.10 Å². The Labute approximate surface area is 149 Å². The van der Waals surface area contributed by atoms with Crippen molar-refractivity contribution in [2.45, 2.75) is 18.2 Å². The van der Waals surface area contributed by atoms with Gasteiger partial charge < -0.3 is 0 Å². The van der Waals surface area contributed by atoms with E-state index in [4.69, 9.17) is 5.14 Å². The third kappa shape index (κ3) is 3.34. The Morgan fingerprint density at radius 1 is 1.19 bits per heavy atom. The molecule has 0 spiro atoms. The second kappa shape index (κ2) is 6.45. The molecule has 2 heterocycles. The van der Waals surface area contributed by atoms with Crippen LogP contribution in [0.2, 0.25) is 0 Å². The number of halogens is 4. The molecule has 0 saturated heterocycles. The Morgan fingerprint density at radius 3 is 2.27 bits per heavy atom. The van der Waals surface area contributed by atoms with Gasteiger partial charge in [0.05, 0.1) is 10.7 Å². The van der Waals surface area contributed by atoms with E-state index in [1.54, 1.807) is 6.92 Å². The van der Waals surface area contributed by atoms with E-state index in [0.717, 1.165) is 10.7 Å². The largest absolute Gasteiger partial charge is 0.282 e. The van der Waals surface area contributed by atoms with Gasteiger partial charge in [0.25, 0.3) is 6.43 Å². The van der Waals surface area contributed by atoms with Crippen LogP contribution in [0, 0.1) is 18.6 Å². The lowest BCUT2D eigenvalue weighted by molar-refractivity contribution is 0.145. The number of thiazole rings is 1. The molecule has 0 aliphatic rings. The van der Waals surface area contributed by atoms with E-state index in [1.807, 2.05) is 0 Å². The number of benzene rings is 1. The van der Waals surface area contributed by atoms with Crippen LogP contribution in [0.4, 0.5) is 17.6 Å². The smallest absolute Gasteiger partial charge is 0.224 e. The van der Waals surface area contributed by atoms with Crippen LogP contribution in [0.5, 0.6) is 0 Å². The molecule has 0 aliphatic heterocycles. The summed E-state index contributed by atoms with van der Waals surface area (Å²) in [5.41, 5.74) is -0.899. The highest BCUT2D eigenvalue weighted by Gasteiger charge is 2.24. The molecule has 0 bridgehead atoms. The second-order valence-corrected chi connectivity index (χ2v) is 7.77. The number of rotatable bonds is 4. The Morgan fingerprint density at radius 2 is 1.81 bits per heavy atom. The number of nitrogens with two attached hydrogens (primary N) is 1. The number of sulfonamides is 1. The first kappa shape index (κ1) is 18.5. The van der Waals surface area contributed by atoms with Crippen LogP contribution in [0.15, 0.2) is 28.5 Å². The molecule has 3 rings (SSSR count). The minimum absolute atomic E-state index is 0.0793. The highest BCUT2D eigenvalue weighted by Crippen LogP contribution is 2.31. The molecule has 12 heteroatoms. The van der Waals surface area contributed by atoms with Crippen LogP contribution < -0.4 is 5.14 Å². The van der Waals surface area contributed by atoms with Gasteiger partial charge in [-0.05, 0) is 25.1 Å². The molecule has 2 aromatic heterocycles. The van der Waals surface area contributed by atoms with E-state index in [9.17, 15) is 26.0 Å². The molecule has 3 aromatic rings. The summed E-state index contributed by atoms with van der Waals surface area (Å²) in [7, 11) is -4.63. The molecule has 26 heavy (non-hydrogen) atoms. The quantitative estimate of drug-likeness (QED) is 0.674. The lowest BCUT2D eigenvalue weighted by atomic mass is 10.1. The van der Waals surface area contributed by atoms with Crippen molar-refractivity contribution in [2.24, 2.45) is 5.14 Å². The molecular weight excluding hydrogens is 396 g/mol. The van der Waals surface area contributed by atoms with Crippen LogP contribution in [-0.4, -0.2) is 23.2 Å². The van der Waals surface area contributed by atoms with Crippen LogP contribution >= 0.6 is 11.3 Å². The monoisotopic (exact) mass is 406 g/mol. The van der Waals surface area contributed by atoms with Gasteiger partial charge >= 0.3 is 0 Å². The zero-order valence-electron chi connectivity index (χ0n) is 13.0. The average Bonchev–Trinajstić information content (AvgIpc) is 3.10. The summed E-state index contributed by atoms with van der Waals surface area (Å²) in [6.45, 7) is 1.69. The minimum atomic E-state index is -4.63. The SMILES string of the molecule is Cc1nc(-n2nc(C(F)F)cc2-c2cc(F)c(S(N)(=O)=O)c(F)c2)cs1. The minimum Gasteiger partial charge on any atom is -0.224 e. The number of hydrogen-bond donors (Lipinski definition) is 1. The van der Waals surface area contributed by atoms with Crippen molar-refractivity contribution in [2.75, 3.05) is 0 Å². The second-order valence-electron chi connectivity index (χ2n) is 5.21. The van der Waals surface area contributed by atoms with Crippen LogP contribution in [0.25, 0.3) is 17.1 Å². The summed E-state index contributed by atoms with van der Waals surface area (Å²) < 4.78 is 77.9. The molecule has 0 aliphatic carbocycles. The summed E-state index contributed by atoms with van der Waals surface area (Å²) in [6, 6.07) is 2.32. The van der Waals surface area contributed by atoms with E-state index >= 15 is 0 Å². The fourth-order valence-corrected chi connectivity index (χ4v) is 3.55. The first-order chi connectivity index (χ1) is 12.1. The average molecular weight is 406 g/mol. The summed E-state index contributed by atoms with van der Waals surface area (Å²) in [4.78, 5) is 2.81. The fourth-order valence-electron chi connectivity index (χ4n) is 2.32. The normalized spacial score (nSPS) is 12.1. The number of alkyl halides is 2. The predicted octanol–water partition coefficient (Wildman–Crippen LogP) is 3.17. The van der Waals surface area contributed by atoms with Crippen molar-refractivity contribution in [3.63, 3.8) is 0 Å². The van der Waals surface area contributed by atoms with Crippen molar-refractivity contribution >= 4 is 21.4 Å². The van der Waals surface area contributed by atoms with Gasteiger partial charge in [0.2, 0.25) is 10.0 Å². The van der Waals surface area contributed by atoms with E-state index in [-0.39, 0.29) is 17.1 Å². The molecule has 138 valence electrons. The molecular formula is C14H10F4N4O2S2. The van der Waals surface area contributed by atoms with E-state index in [1.165, 1.54) is 16.7 Å². The van der Waals surface area contributed by atoms with Gasteiger partial charge in [0, 0.05) is 10.9 Å². The molecule has 0 atom stereocenters. The highest BCUT2D eigenvalue weighted by atomic mass is 32.2. The standard InChI is InChI=1S/C14H10F4N4O2S2/c1-6-20-12(5-25-6)22-11(4-10(21-22)14(17)18)7-2-8(15)13(9(16)3-7)26(19,23)24/h2-5,14H,1H3,(H2,19,23,24). The van der Waals surface area contributed by atoms with Gasteiger partial charge in [-0.25, -0.2) is 40.8 Å². The van der Waals surface area contributed by atoms with Crippen molar-refractivity contribution in [1.29, 1.82) is 0 Å². The summed E-state index contributed by atoms with van der Waals surface area (Å²) in [6.07, 6.45) is -2.92. The first-order valence-corrected chi connectivity index (χ1v) is 9.33. The van der Waals surface area contributed by atoms with E-state index < -0.39 is 38.7 Å². The number of hydrogen-bond acceptors (Lipinski definition) is 5. The molecule has 0 unspecified atom stereocenters. The van der Waals surface area contributed by atoms with Crippen LogP contribution in [0.3, 0.4) is 0 Å². The van der Waals surface area contributed by atoms with Gasteiger partial charge in [-0.1, -0.05) is 0 Å². The van der Waals surface area contributed by atoms with Gasteiger partial charge in [0.1, 0.15) is 17.3 Å². The Balaban J connectivity index is 2.24. The van der Waals surface area contributed by atoms with E-state index in [0.29, 0.717) is 17.1 Å². The maximum Gasteiger partial charge on any atom is 0.282 e. The molecule has 2 N–H and O–H groups in total.